The van der Waals surface area contributed by atoms with E-state index in [1.807, 2.05) is 44.2 Å². The number of hydrogen-bond acceptors (Lipinski definition) is 3. The van der Waals surface area contributed by atoms with Crippen LogP contribution < -0.4 is 4.74 Å². The zero-order chi connectivity index (χ0) is 13.1. The summed E-state index contributed by atoms with van der Waals surface area (Å²) in [6, 6.07) is 9.72. The minimum Gasteiger partial charge on any atom is -0.493 e. The Kier molecular flexibility index (Phi) is 4.04. The summed E-state index contributed by atoms with van der Waals surface area (Å²) >= 11 is 1.71. The summed E-state index contributed by atoms with van der Waals surface area (Å²) in [6.45, 7) is 6.65. The van der Waals surface area contributed by atoms with E-state index in [2.05, 4.69) is 6.92 Å². The molecule has 0 saturated heterocycles. The van der Waals surface area contributed by atoms with Gasteiger partial charge in [0.05, 0.1) is 6.61 Å². The molecular formula is C15H18O2S. The van der Waals surface area contributed by atoms with E-state index in [1.54, 1.807) is 11.3 Å². The molecule has 1 unspecified atom stereocenters. The van der Waals surface area contributed by atoms with Gasteiger partial charge < -0.3 is 9.84 Å². The van der Waals surface area contributed by atoms with Gasteiger partial charge in [0.15, 0.2) is 0 Å². The molecule has 0 fully saturated rings. The maximum Gasteiger partial charge on any atom is 0.125 e. The van der Waals surface area contributed by atoms with Crippen molar-refractivity contribution in [2.45, 2.75) is 26.9 Å². The lowest BCUT2D eigenvalue weighted by Gasteiger charge is -2.15. The number of thiophene rings is 1. The second-order valence-corrected chi connectivity index (χ2v) is 5.70. The molecule has 1 heterocycles. The van der Waals surface area contributed by atoms with Crippen LogP contribution in [0.5, 0.6) is 5.75 Å². The van der Waals surface area contributed by atoms with Crippen molar-refractivity contribution in [3.63, 3.8) is 0 Å². The normalized spacial score (nSPS) is 12.4. The van der Waals surface area contributed by atoms with Gasteiger partial charge in [0.25, 0.3) is 0 Å². The van der Waals surface area contributed by atoms with Crippen LogP contribution in [0, 0.1) is 13.8 Å². The zero-order valence-corrected chi connectivity index (χ0v) is 11.8. The van der Waals surface area contributed by atoms with Crippen molar-refractivity contribution in [1.29, 1.82) is 0 Å². The van der Waals surface area contributed by atoms with Crippen molar-refractivity contribution >= 4 is 11.3 Å². The highest BCUT2D eigenvalue weighted by molar-refractivity contribution is 7.12. The van der Waals surface area contributed by atoms with Gasteiger partial charge in [-0.3, -0.25) is 0 Å². The smallest absolute Gasteiger partial charge is 0.125 e. The quantitative estimate of drug-likeness (QED) is 0.907. The Morgan fingerprint density at radius 3 is 2.56 bits per heavy atom. The van der Waals surface area contributed by atoms with E-state index in [9.17, 15) is 5.11 Å². The van der Waals surface area contributed by atoms with Gasteiger partial charge in [0, 0.05) is 15.3 Å². The Morgan fingerprint density at radius 2 is 1.94 bits per heavy atom. The molecule has 0 aliphatic carbocycles. The van der Waals surface area contributed by atoms with Gasteiger partial charge >= 0.3 is 0 Å². The molecule has 3 heteroatoms. The molecule has 1 aromatic carbocycles. The van der Waals surface area contributed by atoms with Crippen LogP contribution in [0.4, 0.5) is 0 Å². The standard InChI is InChI=1S/C15H18O2S/c1-4-17-14-8-6-5-7-12(14)15(16)13-9-10(2)18-11(13)3/h5-9,15-16H,4H2,1-3H3. The van der Waals surface area contributed by atoms with E-state index in [-0.39, 0.29) is 0 Å². The van der Waals surface area contributed by atoms with Gasteiger partial charge in [0.2, 0.25) is 0 Å². The molecule has 1 N–H and O–H groups in total. The zero-order valence-electron chi connectivity index (χ0n) is 10.9. The van der Waals surface area contributed by atoms with Crippen LogP contribution in [-0.4, -0.2) is 11.7 Å². The van der Waals surface area contributed by atoms with E-state index < -0.39 is 6.10 Å². The number of rotatable bonds is 4. The third-order valence-electron chi connectivity index (χ3n) is 2.89. The second-order valence-electron chi connectivity index (χ2n) is 4.24. The number of para-hydroxylation sites is 1. The molecule has 0 aliphatic rings. The molecule has 0 radical (unpaired) electrons. The maximum absolute atomic E-state index is 10.5. The average Bonchev–Trinajstić information content (AvgIpc) is 2.69. The summed E-state index contributed by atoms with van der Waals surface area (Å²) in [5.74, 6) is 0.760. The summed E-state index contributed by atoms with van der Waals surface area (Å²) in [6.07, 6.45) is -0.613. The fourth-order valence-electron chi connectivity index (χ4n) is 2.08. The lowest BCUT2D eigenvalue weighted by molar-refractivity contribution is 0.212. The van der Waals surface area contributed by atoms with Crippen LogP contribution in [0.2, 0.25) is 0 Å². The fraction of sp³-hybridized carbons (Fsp3) is 0.333. The molecule has 96 valence electrons. The fourth-order valence-corrected chi connectivity index (χ4v) is 3.04. The highest BCUT2D eigenvalue weighted by atomic mass is 32.1. The maximum atomic E-state index is 10.5. The highest BCUT2D eigenvalue weighted by Gasteiger charge is 2.18. The minimum absolute atomic E-state index is 0.603. The van der Waals surface area contributed by atoms with Gasteiger partial charge in [-0.05, 0) is 38.5 Å². The Labute approximate surface area is 112 Å². The summed E-state index contributed by atoms with van der Waals surface area (Å²) in [4.78, 5) is 2.38. The third-order valence-corrected chi connectivity index (χ3v) is 3.87. The van der Waals surface area contributed by atoms with Crippen LogP contribution in [0.3, 0.4) is 0 Å². The first kappa shape index (κ1) is 13.1. The predicted molar refractivity (Wildman–Crippen MR) is 75.5 cm³/mol. The Morgan fingerprint density at radius 1 is 1.22 bits per heavy atom. The highest BCUT2D eigenvalue weighted by Crippen LogP contribution is 2.34. The summed E-state index contributed by atoms with van der Waals surface area (Å²) in [5, 5.41) is 10.5. The largest absolute Gasteiger partial charge is 0.493 e. The van der Waals surface area contributed by atoms with E-state index >= 15 is 0 Å². The first-order valence-corrected chi connectivity index (χ1v) is 6.91. The number of aryl methyl sites for hydroxylation is 2. The van der Waals surface area contributed by atoms with E-state index in [0.717, 1.165) is 21.8 Å². The van der Waals surface area contributed by atoms with Crippen molar-refractivity contribution in [2.75, 3.05) is 6.61 Å². The molecule has 0 bridgehead atoms. The lowest BCUT2D eigenvalue weighted by atomic mass is 10.0. The minimum atomic E-state index is -0.613. The first-order valence-electron chi connectivity index (χ1n) is 6.10. The summed E-state index contributed by atoms with van der Waals surface area (Å²) in [7, 11) is 0. The predicted octanol–water partition coefficient (Wildman–Crippen LogP) is 3.85. The number of hydrogen-bond donors (Lipinski definition) is 1. The number of benzene rings is 1. The van der Waals surface area contributed by atoms with Crippen LogP contribution in [0.1, 0.15) is 33.9 Å². The van der Waals surface area contributed by atoms with E-state index in [0.29, 0.717) is 6.61 Å². The molecule has 0 aliphatic heterocycles. The van der Waals surface area contributed by atoms with Crippen LogP contribution >= 0.6 is 11.3 Å². The van der Waals surface area contributed by atoms with E-state index in [4.69, 9.17) is 4.74 Å². The van der Waals surface area contributed by atoms with Crippen LogP contribution in [0.25, 0.3) is 0 Å². The van der Waals surface area contributed by atoms with Crippen molar-refractivity contribution in [3.8, 4) is 5.75 Å². The topological polar surface area (TPSA) is 29.5 Å². The van der Waals surface area contributed by atoms with Gasteiger partial charge in [0.1, 0.15) is 11.9 Å². The Hall–Kier alpha value is -1.32. The molecular weight excluding hydrogens is 244 g/mol. The molecule has 0 amide bonds. The molecule has 1 atom stereocenters. The first-order chi connectivity index (χ1) is 8.63. The number of aliphatic hydroxyl groups is 1. The summed E-state index contributed by atoms with van der Waals surface area (Å²) < 4.78 is 5.57. The van der Waals surface area contributed by atoms with Gasteiger partial charge in [-0.15, -0.1) is 11.3 Å². The van der Waals surface area contributed by atoms with Crippen molar-refractivity contribution in [1.82, 2.24) is 0 Å². The van der Waals surface area contributed by atoms with Gasteiger partial charge in [-0.2, -0.15) is 0 Å². The molecule has 18 heavy (non-hydrogen) atoms. The Bertz CT molecular complexity index is 531. The van der Waals surface area contributed by atoms with Gasteiger partial charge in [-0.25, -0.2) is 0 Å². The van der Waals surface area contributed by atoms with Crippen molar-refractivity contribution in [2.24, 2.45) is 0 Å². The molecule has 2 aromatic rings. The van der Waals surface area contributed by atoms with E-state index in [1.165, 1.54) is 4.88 Å². The summed E-state index contributed by atoms with van der Waals surface area (Å²) in [5.41, 5.74) is 1.81. The van der Waals surface area contributed by atoms with Crippen molar-refractivity contribution in [3.05, 3.63) is 51.2 Å². The average molecular weight is 262 g/mol. The van der Waals surface area contributed by atoms with Gasteiger partial charge in [-0.1, -0.05) is 18.2 Å². The SMILES string of the molecule is CCOc1ccccc1C(O)c1cc(C)sc1C. The van der Waals surface area contributed by atoms with Crippen LogP contribution in [0.15, 0.2) is 30.3 Å². The number of aliphatic hydroxyl groups excluding tert-OH is 1. The molecule has 2 nitrogen and oxygen atoms in total. The van der Waals surface area contributed by atoms with Crippen molar-refractivity contribution < 1.29 is 9.84 Å². The lowest BCUT2D eigenvalue weighted by Crippen LogP contribution is -2.04. The molecule has 0 saturated carbocycles. The number of ether oxygens (including phenoxy) is 1. The molecule has 2 rings (SSSR count). The molecule has 1 aromatic heterocycles. The monoisotopic (exact) mass is 262 g/mol. The van der Waals surface area contributed by atoms with Crippen LogP contribution in [-0.2, 0) is 0 Å². The third kappa shape index (κ3) is 2.57. The Balaban J connectivity index is 2.39. The molecule has 0 spiro atoms. The second kappa shape index (κ2) is 5.55.